The molecule has 1 heterocycles. The Morgan fingerprint density at radius 1 is 1.25 bits per heavy atom. The lowest BCUT2D eigenvalue weighted by molar-refractivity contribution is -0.143. The molecular weight excluding hydrogens is 260 g/mol. The zero-order valence-corrected chi connectivity index (χ0v) is 11.0. The quantitative estimate of drug-likeness (QED) is 0.741. The molecule has 1 atom stereocenters. The summed E-state index contributed by atoms with van der Waals surface area (Å²) in [7, 11) is 0. The van der Waals surface area contributed by atoms with Gasteiger partial charge in [-0.1, -0.05) is 30.3 Å². The largest absolute Gasteiger partial charge is 0.479 e. The maximum atomic E-state index is 12.3. The fraction of sp³-hybridized carbons (Fsp3) is 0.429. The van der Waals surface area contributed by atoms with Crippen LogP contribution < -0.4 is 11.1 Å². The number of amides is 1. The third-order valence-corrected chi connectivity index (χ3v) is 3.49. The molecule has 1 aromatic carbocycles. The van der Waals surface area contributed by atoms with E-state index in [2.05, 4.69) is 5.32 Å². The lowest BCUT2D eigenvalue weighted by Crippen LogP contribution is -2.58. The number of carbonyl (C=O) groups excluding carboxylic acids is 1. The number of carbonyl (C=O) groups is 2. The van der Waals surface area contributed by atoms with Gasteiger partial charge >= 0.3 is 5.97 Å². The molecular formula is C14H18N2O4. The molecule has 0 aromatic heterocycles. The van der Waals surface area contributed by atoms with Crippen LogP contribution in [0.25, 0.3) is 0 Å². The molecule has 1 saturated heterocycles. The van der Waals surface area contributed by atoms with E-state index < -0.39 is 23.5 Å². The number of carboxylic acids is 1. The van der Waals surface area contributed by atoms with Gasteiger partial charge in [0, 0.05) is 13.2 Å². The van der Waals surface area contributed by atoms with Crippen LogP contribution in [0.5, 0.6) is 0 Å². The number of rotatable bonds is 4. The number of hydrogen-bond acceptors (Lipinski definition) is 4. The van der Waals surface area contributed by atoms with Gasteiger partial charge in [0.2, 0.25) is 5.91 Å². The monoisotopic (exact) mass is 278 g/mol. The number of carboxylic acid groups (broad SMARTS) is 1. The van der Waals surface area contributed by atoms with Crippen molar-refractivity contribution in [3.8, 4) is 0 Å². The third kappa shape index (κ3) is 3.15. The third-order valence-electron chi connectivity index (χ3n) is 3.49. The highest BCUT2D eigenvalue weighted by Crippen LogP contribution is 2.20. The fourth-order valence-electron chi connectivity index (χ4n) is 2.17. The van der Waals surface area contributed by atoms with Crippen LogP contribution in [-0.2, 0) is 14.3 Å². The Bertz CT molecular complexity index is 483. The number of nitrogens with one attached hydrogen (secondary N) is 1. The molecule has 20 heavy (non-hydrogen) atoms. The maximum Gasteiger partial charge on any atom is 0.330 e. The summed E-state index contributed by atoms with van der Waals surface area (Å²) in [5.74, 6) is -1.56. The summed E-state index contributed by atoms with van der Waals surface area (Å²) in [5, 5.41) is 11.8. The minimum Gasteiger partial charge on any atom is -0.479 e. The van der Waals surface area contributed by atoms with Crippen molar-refractivity contribution in [3.05, 3.63) is 35.9 Å². The second-order valence-corrected chi connectivity index (χ2v) is 4.92. The summed E-state index contributed by atoms with van der Waals surface area (Å²) in [6.45, 7) is 0.819. The molecule has 0 saturated carbocycles. The number of nitrogens with two attached hydrogens (primary N) is 1. The van der Waals surface area contributed by atoms with Crippen molar-refractivity contribution >= 4 is 11.9 Å². The molecule has 0 radical (unpaired) electrons. The second-order valence-electron chi connectivity index (χ2n) is 4.92. The van der Waals surface area contributed by atoms with E-state index in [0.717, 1.165) is 0 Å². The summed E-state index contributed by atoms with van der Waals surface area (Å²) in [4.78, 5) is 23.6. The molecule has 0 aliphatic carbocycles. The van der Waals surface area contributed by atoms with Crippen LogP contribution in [0.4, 0.5) is 0 Å². The molecule has 6 heteroatoms. The van der Waals surface area contributed by atoms with Gasteiger partial charge in [0.15, 0.2) is 6.04 Å². The van der Waals surface area contributed by atoms with Gasteiger partial charge in [-0.05, 0) is 18.4 Å². The maximum absolute atomic E-state index is 12.3. The topological polar surface area (TPSA) is 102 Å². The van der Waals surface area contributed by atoms with E-state index in [1.54, 1.807) is 30.3 Å². The van der Waals surface area contributed by atoms with Gasteiger partial charge in [0.25, 0.3) is 0 Å². The fourth-order valence-corrected chi connectivity index (χ4v) is 2.17. The SMILES string of the molecule is NC1(C(=O)N[C@H](C(=O)O)c2ccccc2)CCOCC1. The summed E-state index contributed by atoms with van der Waals surface area (Å²) < 4.78 is 5.18. The van der Waals surface area contributed by atoms with Crippen molar-refractivity contribution in [1.82, 2.24) is 5.32 Å². The second kappa shape index (κ2) is 6.02. The first kappa shape index (κ1) is 14.5. The van der Waals surface area contributed by atoms with Gasteiger partial charge in [-0.2, -0.15) is 0 Å². The highest BCUT2D eigenvalue weighted by atomic mass is 16.5. The van der Waals surface area contributed by atoms with E-state index in [1.807, 2.05) is 0 Å². The van der Waals surface area contributed by atoms with Gasteiger partial charge in [-0.3, -0.25) is 4.79 Å². The molecule has 6 nitrogen and oxygen atoms in total. The van der Waals surface area contributed by atoms with Crippen LogP contribution in [-0.4, -0.2) is 35.7 Å². The lowest BCUT2D eigenvalue weighted by atomic mass is 9.89. The zero-order chi connectivity index (χ0) is 14.6. The van der Waals surface area contributed by atoms with Crippen LogP contribution in [0.15, 0.2) is 30.3 Å². The lowest BCUT2D eigenvalue weighted by Gasteiger charge is -2.32. The minimum absolute atomic E-state index is 0.389. The van der Waals surface area contributed by atoms with E-state index in [-0.39, 0.29) is 0 Å². The van der Waals surface area contributed by atoms with Gasteiger partial charge in [-0.15, -0.1) is 0 Å². The van der Waals surface area contributed by atoms with E-state index in [1.165, 1.54) is 0 Å². The molecule has 1 aliphatic heterocycles. The Balaban J connectivity index is 2.12. The number of aliphatic carboxylic acids is 1. The average molecular weight is 278 g/mol. The summed E-state index contributed by atoms with van der Waals surface area (Å²) in [5.41, 5.74) is 5.51. The standard InChI is InChI=1S/C14H18N2O4/c15-14(6-8-20-9-7-14)13(19)16-11(12(17)18)10-4-2-1-3-5-10/h1-5,11H,6-9,15H2,(H,16,19)(H,17,18)/t11-/m0/s1. The Kier molecular flexibility index (Phi) is 4.36. The smallest absolute Gasteiger partial charge is 0.330 e. The Labute approximate surface area is 116 Å². The molecule has 1 fully saturated rings. The minimum atomic E-state index is -1.11. The first-order valence-electron chi connectivity index (χ1n) is 6.48. The molecule has 0 unspecified atom stereocenters. The van der Waals surface area contributed by atoms with Gasteiger partial charge in [-0.25, -0.2) is 4.79 Å². The molecule has 1 aliphatic rings. The molecule has 2 rings (SSSR count). The van der Waals surface area contributed by atoms with E-state index in [0.29, 0.717) is 31.6 Å². The highest BCUT2D eigenvalue weighted by Gasteiger charge is 2.38. The molecule has 1 aromatic rings. The average Bonchev–Trinajstić information content (AvgIpc) is 2.45. The van der Waals surface area contributed by atoms with Crippen molar-refractivity contribution < 1.29 is 19.4 Å². The molecule has 0 bridgehead atoms. The van der Waals surface area contributed by atoms with Crippen molar-refractivity contribution in [2.75, 3.05) is 13.2 Å². The normalized spacial score (nSPS) is 19.1. The Morgan fingerprint density at radius 3 is 2.40 bits per heavy atom. The van der Waals surface area contributed by atoms with Crippen molar-refractivity contribution in [3.63, 3.8) is 0 Å². The number of hydrogen-bond donors (Lipinski definition) is 3. The predicted octanol–water partition coefficient (Wildman–Crippen LogP) is 0.436. The summed E-state index contributed by atoms with van der Waals surface area (Å²) in [6.07, 6.45) is 0.778. The van der Waals surface area contributed by atoms with Crippen molar-refractivity contribution in [2.45, 2.75) is 24.4 Å². The summed E-state index contributed by atoms with van der Waals surface area (Å²) >= 11 is 0. The van der Waals surface area contributed by atoms with E-state index in [4.69, 9.17) is 10.5 Å². The zero-order valence-electron chi connectivity index (χ0n) is 11.0. The van der Waals surface area contributed by atoms with Crippen molar-refractivity contribution in [1.29, 1.82) is 0 Å². The highest BCUT2D eigenvalue weighted by molar-refractivity contribution is 5.90. The van der Waals surface area contributed by atoms with Crippen LogP contribution >= 0.6 is 0 Å². The molecule has 4 N–H and O–H groups in total. The molecule has 0 spiro atoms. The van der Waals surface area contributed by atoms with E-state index in [9.17, 15) is 14.7 Å². The van der Waals surface area contributed by atoms with Crippen LogP contribution in [0.1, 0.15) is 24.4 Å². The van der Waals surface area contributed by atoms with Gasteiger partial charge < -0.3 is 20.9 Å². The Hall–Kier alpha value is -1.92. The molecule has 1 amide bonds. The van der Waals surface area contributed by atoms with Crippen LogP contribution in [0, 0.1) is 0 Å². The Morgan fingerprint density at radius 2 is 1.85 bits per heavy atom. The van der Waals surface area contributed by atoms with E-state index >= 15 is 0 Å². The summed E-state index contributed by atoms with van der Waals surface area (Å²) in [6, 6.07) is 7.46. The van der Waals surface area contributed by atoms with Gasteiger partial charge in [0.1, 0.15) is 0 Å². The first-order valence-corrected chi connectivity index (χ1v) is 6.48. The number of benzene rings is 1. The first-order chi connectivity index (χ1) is 9.53. The van der Waals surface area contributed by atoms with Crippen molar-refractivity contribution in [2.24, 2.45) is 5.73 Å². The van der Waals surface area contributed by atoms with Gasteiger partial charge in [0.05, 0.1) is 5.54 Å². The van der Waals surface area contributed by atoms with Crippen LogP contribution in [0.2, 0.25) is 0 Å². The number of ether oxygens (including phenoxy) is 1. The molecule has 108 valence electrons. The van der Waals surface area contributed by atoms with Crippen LogP contribution in [0.3, 0.4) is 0 Å². The predicted molar refractivity (Wildman–Crippen MR) is 71.9 cm³/mol.